The van der Waals surface area contributed by atoms with Crippen molar-refractivity contribution in [2.45, 2.75) is 17.7 Å². The number of likely N-dealkylation sites (tertiary alicyclic amines) is 1. The number of rotatable bonds is 8. The summed E-state index contributed by atoms with van der Waals surface area (Å²) in [5.74, 6) is -0.530. The molecule has 4 rings (SSSR count). The molecule has 3 aromatic rings. The summed E-state index contributed by atoms with van der Waals surface area (Å²) in [6.45, 7) is 3.09. The van der Waals surface area contributed by atoms with E-state index in [1.807, 2.05) is 0 Å². The van der Waals surface area contributed by atoms with Gasteiger partial charge in [-0.2, -0.15) is 0 Å². The standard InChI is InChI=1S/C22H25N7O3S.ClH/c23-21-20(22(30)27-17-4-3-9-24-14-17)28-19(15-25-21)16-5-7-18(8-6-16)33(31,32)26-10-13-29-11-1-2-12-29;/h3-9,14-15,26H,1-2,10-13H2,(H2,23,25)(H,27,30);1H. The van der Waals surface area contributed by atoms with Gasteiger partial charge in [0.25, 0.3) is 5.91 Å². The molecule has 0 atom stereocenters. The molecule has 1 aromatic carbocycles. The Kier molecular flexibility index (Phi) is 8.51. The highest BCUT2D eigenvalue weighted by Crippen LogP contribution is 2.21. The Morgan fingerprint density at radius 1 is 1.09 bits per heavy atom. The van der Waals surface area contributed by atoms with Gasteiger partial charge in [0, 0.05) is 24.8 Å². The number of hydrogen-bond donors (Lipinski definition) is 3. The van der Waals surface area contributed by atoms with Gasteiger partial charge >= 0.3 is 0 Å². The third-order valence-electron chi connectivity index (χ3n) is 5.31. The molecular weight excluding hydrogens is 478 g/mol. The quantitative estimate of drug-likeness (QED) is 0.424. The molecule has 1 saturated heterocycles. The van der Waals surface area contributed by atoms with Gasteiger partial charge < -0.3 is 16.0 Å². The lowest BCUT2D eigenvalue weighted by molar-refractivity contribution is 0.102. The average molecular weight is 504 g/mol. The van der Waals surface area contributed by atoms with Gasteiger partial charge in [-0.3, -0.25) is 9.78 Å². The molecule has 0 aliphatic carbocycles. The van der Waals surface area contributed by atoms with Crippen molar-refractivity contribution in [1.29, 1.82) is 0 Å². The van der Waals surface area contributed by atoms with Crippen LogP contribution in [0.2, 0.25) is 0 Å². The number of carbonyl (C=O) groups is 1. The molecular formula is C22H26ClN7O3S. The smallest absolute Gasteiger partial charge is 0.278 e. The second-order valence-electron chi connectivity index (χ2n) is 7.66. The Hall–Kier alpha value is -3.12. The zero-order chi connectivity index (χ0) is 23.3. The van der Waals surface area contributed by atoms with E-state index in [0.29, 0.717) is 30.0 Å². The van der Waals surface area contributed by atoms with E-state index in [0.717, 1.165) is 25.9 Å². The normalized spacial score (nSPS) is 13.9. The minimum atomic E-state index is -3.62. The van der Waals surface area contributed by atoms with E-state index in [1.54, 1.807) is 30.5 Å². The van der Waals surface area contributed by atoms with Crippen molar-refractivity contribution in [3.63, 3.8) is 0 Å². The zero-order valence-electron chi connectivity index (χ0n) is 18.3. The summed E-state index contributed by atoms with van der Waals surface area (Å²) >= 11 is 0. The predicted octanol–water partition coefficient (Wildman–Crippen LogP) is 2.17. The summed E-state index contributed by atoms with van der Waals surface area (Å²) in [7, 11) is -3.62. The van der Waals surface area contributed by atoms with Crippen LogP contribution in [0.3, 0.4) is 0 Å². The molecule has 1 amide bonds. The Bertz CT molecular complexity index is 1220. The van der Waals surface area contributed by atoms with Crippen molar-refractivity contribution in [1.82, 2.24) is 24.6 Å². The zero-order valence-corrected chi connectivity index (χ0v) is 20.0. The topological polar surface area (TPSA) is 143 Å². The summed E-state index contributed by atoms with van der Waals surface area (Å²) in [5, 5.41) is 2.67. The van der Waals surface area contributed by atoms with Crippen LogP contribution in [0.5, 0.6) is 0 Å². The van der Waals surface area contributed by atoms with Gasteiger partial charge in [-0.25, -0.2) is 23.1 Å². The Labute approximate surface area is 204 Å². The van der Waals surface area contributed by atoms with E-state index in [-0.39, 0.29) is 28.8 Å². The lowest BCUT2D eigenvalue weighted by Gasteiger charge is -2.15. The molecule has 180 valence electrons. The van der Waals surface area contributed by atoms with Crippen LogP contribution in [0.25, 0.3) is 11.3 Å². The molecule has 10 nitrogen and oxygen atoms in total. The van der Waals surface area contributed by atoms with Crippen LogP contribution >= 0.6 is 12.4 Å². The number of sulfonamides is 1. The van der Waals surface area contributed by atoms with Crippen LogP contribution < -0.4 is 15.8 Å². The first-order valence-corrected chi connectivity index (χ1v) is 12.1. The van der Waals surface area contributed by atoms with Gasteiger partial charge in [-0.05, 0) is 50.2 Å². The van der Waals surface area contributed by atoms with Crippen molar-refractivity contribution >= 4 is 39.8 Å². The first-order chi connectivity index (χ1) is 15.9. The van der Waals surface area contributed by atoms with Crippen LogP contribution in [-0.4, -0.2) is 60.4 Å². The molecule has 1 fully saturated rings. The van der Waals surface area contributed by atoms with Crippen LogP contribution in [0.15, 0.2) is 59.9 Å². The number of benzene rings is 1. The van der Waals surface area contributed by atoms with Crippen LogP contribution in [-0.2, 0) is 10.0 Å². The molecule has 12 heteroatoms. The average Bonchev–Trinajstić information content (AvgIpc) is 3.33. The third-order valence-corrected chi connectivity index (χ3v) is 6.79. The third kappa shape index (κ3) is 6.26. The van der Waals surface area contributed by atoms with Crippen molar-refractivity contribution in [3.05, 3.63) is 60.7 Å². The fourth-order valence-corrected chi connectivity index (χ4v) is 4.59. The molecule has 0 bridgehead atoms. The van der Waals surface area contributed by atoms with Crippen LogP contribution in [0.1, 0.15) is 23.3 Å². The SMILES string of the molecule is Cl.Nc1ncc(-c2ccc(S(=O)(=O)NCCN3CCCC3)cc2)nc1C(=O)Nc1cccnc1. The van der Waals surface area contributed by atoms with E-state index in [1.165, 1.54) is 24.5 Å². The Morgan fingerprint density at radius 3 is 2.50 bits per heavy atom. The number of nitrogens with one attached hydrogen (secondary N) is 2. The lowest BCUT2D eigenvalue weighted by Crippen LogP contribution is -2.33. The predicted molar refractivity (Wildman–Crippen MR) is 132 cm³/mol. The van der Waals surface area contributed by atoms with E-state index < -0.39 is 15.9 Å². The molecule has 4 N–H and O–H groups in total. The number of nitrogens with two attached hydrogens (primary N) is 1. The maximum Gasteiger partial charge on any atom is 0.278 e. The molecule has 1 aliphatic heterocycles. The van der Waals surface area contributed by atoms with Crippen molar-refractivity contribution in [2.24, 2.45) is 0 Å². The van der Waals surface area contributed by atoms with Crippen molar-refractivity contribution in [3.8, 4) is 11.3 Å². The van der Waals surface area contributed by atoms with Gasteiger partial charge in [-0.15, -0.1) is 12.4 Å². The molecule has 1 aliphatic rings. The summed E-state index contributed by atoms with van der Waals surface area (Å²) in [5.41, 5.74) is 7.32. The second-order valence-corrected chi connectivity index (χ2v) is 9.42. The number of pyridine rings is 1. The van der Waals surface area contributed by atoms with E-state index in [2.05, 4.69) is 29.9 Å². The van der Waals surface area contributed by atoms with Crippen molar-refractivity contribution in [2.75, 3.05) is 37.2 Å². The molecule has 0 radical (unpaired) electrons. The minimum absolute atomic E-state index is 0. The number of hydrogen-bond acceptors (Lipinski definition) is 8. The summed E-state index contributed by atoms with van der Waals surface area (Å²) in [6, 6.07) is 9.63. The first-order valence-electron chi connectivity index (χ1n) is 10.6. The Balaban J connectivity index is 0.00000324. The fraction of sp³-hybridized carbons (Fsp3) is 0.273. The molecule has 2 aromatic heterocycles. The highest BCUT2D eigenvalue weighted by Gasteiger charge is 2.18. The van der Waals surface area contributed by atoms with Gasteiger partial charge in [-0.1, -0.05) is 12.1 Å². The van der Waals surface area contributed by atoms with Crippen LogP contribution in [0, 0.1) is 0 Å². The van der Waals surface area contributed by atoms with Gasteiger partial charge in [0.2, 0.25) is 10.0 Å². The Morgan fingerprint density at radius 2 is 1.82 bits per heavy atom. The maximum atomic E-state index is 12.6. The van der Waals surface area contributed by atoms with Crippen molar-refractivity contribution < 1.29 is 13.2 Å². The highest BCUT2D eigenvalue weighted by molar-refractivity contribution is 7.89. The summed E-state index contributed by atoms with van der Waals surface area (Å²) in [6.07, 6.45) is 6.86. The molecule has 3 heterocycles. The fourth-order valence-electron chi connectivity index (χ4n) is 3.56. The van der Waals surface area contributed by atoms with Crippen LogP contribution in [0.4, 0.5) is 11.5 Å². The number of nitrogens with zero attached hydrogens (tertiary/aromatic N) is 4. The number of amides is 1. The highest BCUT2D eigenvalue weighted by atomic mass is 35.5. The molecule has 0 unspecified atom stereocenters. The minimum Gasteiger partial charge on any atom is -0.382 e. The number of halogens is 1. The van der Waals surface area contributed by atoms with E-state index in [4.69, 9.17) is 5.73 Å². The first kappa shape index (κ1) is 25.5. The number of anilines is 2. The van der Waals surface area contributed by atoms with E-state index >= 15 is 0 Å². The van der Waals surface area contributed by atoms with E-state index in [9.17, 15) is 13.2 Å². The second kappa shape index (κ2) is 11.3. The van der Waals surface area contributed by atoms with Gasteiger partial charge in [0.05, 0.1) is 28.7 Å². The maximum absolute atomic E-state index is 12.6. The summed E-state index contributed by atoms with van der Waals surface area (Å²) in [4.78, 5) is 27.3. The number of nitrogen functional groups attached to an aromatic ring is 1. The van der Waals surface area contributed by atoms with Gasteiger partial charge in [0.1, 0.15) is 0 Å². The number of carbonyl (C=O) groups excluding carboxylic acids is 1. The largest absolute Gasteiger partial charge is 0.382 e. The molecule has 34 heavy (non-hydrogen) atoms. The summed E-state index contributed by atoms with van der Waals surface area (Å²) < 4.78 is 27.8. The lowest BCUT2D eigenvalue weighted by atomic mass is 10.1. The number of aromatic nitrogens is 3. The van der Waals surface area contributed by atoms with Gasteiger partial charge in [0.15, 0.2) is 11.5 Å². The molecule has 0 saturated carbocycles. The monoisotopic (exact) mass is 503 g/mol. The molecule has 0 spiro atoms.